The van der Waals surface area contributed by atoms with E-state index in [4.69, 9.17) is 0 Å². The molecule has 1 N–H and O–H groups in total. The highest BCUT2D eigenvalue weighted by Gasteiger charge is 2.32. The molecule has 1 aliphatic rings. The van der Waals surface area contributed by atoms with Crippen molar-refractivity contribution >= 4 is 23.6 Å². The second-order valence-electron chi connectivity index (χ2n) is 4.86. The molecule has 98 valence electrons. The number of hydrogen-bond acceptors (Lipinski definition) is 3. The summed E-state index contributed by atoms with van der Waals surface area (Å²) in [5.41, 5.74) is 0. The molecule has 0 bridgehead atoms. The Hall–Kier alpha value is -0.710. The van der Waals surface area contributed by atoms with Gasteiger partial charge in [0, 0.05) is 6.54 Å². The summed E-state index contributed by atoms with van der Waals surface area (Å²) in [6.45, 7) is 5.04. The van der Waals surface area contributed by atoms with Gasteiger partial charge in [-0.05, 0) is 30.8 Å². The van der Waals surface area contributed by atoms with Crippen molar-refractivity contribution in [3.63, 3.8) is 0 Å². The molecular weight excluding hydrogens is 236 g/mol. The van der Waals surface area contributed by atoms with Crippen molar-refractivity contribution in [3.05, 3.63) is 0 Å². The smallest absolute Gasteiger partial charge is 0.245 e. The van der Waals surface area contributed by atoms with Crippen LogP contribution in [0.25, 0.3) is 0 Å². The van der Waals surface area contributed by atoms with Gasteiger partial charge in [0.05, 0.1) is 6.54 Å². The van der Waals surface area contributed by atoms with E-state index in [1.807, 2.05) is 6.26 Å². The summed E-state index contributed by atoms with van der Waals surface area (Å²) in [5, 5.41) is 2.78. The third-order valence-electron chi connectivity index (χ3n) is 2.76. The highest BCUT2D eigenvalue weighted by Crippen LogP contribution is 2.12. The highest BCUT2D eigenvalue weighted by atomic mass is 32.2. The molecule has 1 unspecified atom stereocenters. The molecule has 0 aliphatic carbocycles. The minimum Gasteiger partial charge on any atom is -0.343 e. The molecule has 1 aliphatic heterocycles. The van der Waals surface area contributed by atoms with Crippen LogP contribution in [0, 0.1) is 5.92 Å². The number of carbonyl (C=O) groups is 2. The zero-order chi connectivity index (χ0) is 12.8. The van der Waals surface area contributed by atoms with Gasteiger partial charge >= 0.3 is 0 Å². The van der Waals surface area contributed by atoms with Gasteiger partial charge in [0.1, 0.15) is 6.04 Å². The SMILES string of the molecule is CSCCCN1CC(=O)NC(CC(C)C)C1=O. The Balaban J connectivity index is 2.52. The number of amides is 2. The molecular formula is C12H22N2O2S. The molecule has 0 aromatic rings. The molecule has 1 atom stereocenters. The number of piperazine rings is 1. The molecule has 1 heterocycles. The monoisotopic (exact) mass is 258 g/mol. The van der Waals surface area contributed by atoms with Gasteiger partial charge in [-0.15, -0.1) is 0 Å². The van der Waals surface area contributed by atoms with Crippen LogP contribution >= 0.6 is 11.8 Å². The second-order valence-corrected chi connectivity index (χ2v) is 5.84. The molecule has 2 amide bonds. The summed E-state index contributed by atoms with van der Waals surface area (Å²) in [5.74, 6) is 1.49. The first-order chi connectivity index (χ1) is 8.04. The fraction of sp³-hybridized carbons (Fsp3) is 0.833. The van der Waals surface area contributed by atoms with Gasteiger partial charge < -0.3 is 10.2 Å². The van der Waals surface area contributed by atoms with Crippen LogP contribution in [0.5, 0.6) is 0 Å². The van der Waals surface area contributed by atoms with E-state index in [1.54, 1.807) is 16.7 Å². The van der Waals surface area contributed by atoms with Crippen molar-refractivity contribution in [2.24, 2.45) is 5.92 Å². The topological polar surface area (TPSA) is 49.4 Å². The van der Waals surface area contributed by atoms with E-state index in [9.17, 15) is 9.59 Å². The molecule has 4 nitrogen and oxygen atoms in total. The first-order valence-corrected chi connectivity index (χ1v) is 7.51. The number of nitrogens with zero attached hydrogens (tertiary/aromatic N) is 1. The largest absolute Gasteiger partial charge is 0.343 e. The Morgan fingerprint density at radius 2 is 2.18 bits per heavy atom. The van der Waals surface area contributed by atoms with Crippen molar-refractivity contribution in [1.29, 1.82) is 0 Å². The second kappa shape index (κ2) is 6.89. The first kappa shape index (κ1) is 14.4. The summed E-state index contributed by atoms with van der Waals surface area (Å²) in [6, 6.07) is -0.314. The van der Waals surface area contributed by atoms with Gasteiger partial charge in [-0.2, -0.15) is 11.8 Å². The fourth-order valence-electron chi connectivity index (χ4n) is 1.99. The van der Waals surface area contributed by atoms with Crippen molar-refractivity contribution < 1.29 is 9.59 Å². The summed E-state index contributed by atoms with van der Waals surface area (Å²) in [4.78, 5) is 25.3. The minimum absolute atomic E-state index is 0.0283. The van der Waals surface area contributed by atoms with Crippen molar-refractivity contribution in [2.75, 3.05) is 25.1 Å². The number of hydrogen-bond donors (Lipinski definition) is 1. The maximum Gasteiger partial charge on any atom is 0.245 e. The van der Waals surface area contributed by atoms with E-state index in [2.05, 4.69) is 19.2 Å². The van der Waals surface area contributed by atoms with Crippen LogP contribution in [-0.2, 0) is 9.59 Å². The zero-order valence-corrected chi connectivity index (χ0v) is 11.7. The van der Waals surface area contributed by atoms with Gasteiger partial charge in [0.2, 0.25) is 11.8 Å². The predicted molar refractivity (Wildman–Crippen MR) is 71.0 cm³/mol. The summed E-state index contributed by atoms with van der Waals surface area (Å²) in [7, 11) is 0. The average molecular weight is 258 g/mol. The van der Waals surface area contributed by atoms with Crippen molar-refractivity contribution in [3.8, 4) is 0 Å². The van der Waals surface area contributed by atoms with Crippen LogP contribution < -0.4 is 5.32 Å². The van der Waals surface area contributed by atoms with Gasteiger partial charge in [0.25, 0.3) is 0 Å². The Morgan fingerprint density at radius 3 is 2.76 bits per heavy atom. The maximum absolute atomic E-state index is 12.1. The fourth-order valence-corrected chi connectivity index (χ4v) is 2.41. The Labute approximate surface area is 108 Å². The van der Waals surface area contributed by atoms with Gasteiger partial charge in [-0.25, -0.2) is 0 Å². The average Bonchev–Trinajstić information content (AvgIpc) is 2.24. The van der Waals surface area contributed by atoms with Gasteiger partial charge in [0.15, 0.2) is 0 Å². The molecule has 1 fully saturated rings. The highest BCUT2D eigenvalue weighted by molar-refractivity contribution is 7.98. The first-order valence-electron chi connectivity index (χ1n) is 6.11. The normalized spacial score (nSPS) is 20.9. The Morgan fingerprint density at radius 1 is 1.47 bits per heavy atom. The van der Waals surface area contributed by atoms with E-state index >= 15 is 0 Å². The summed E-state index contributed by atoms with van der Waals surface area (Å²) >= 11 is 1.77. The molecule has 5 heteroatoms. The number of rotatable bonds is 6. The molecule has 17 heavy (non-hydrogen) atoms. The Bertz CT molecular complexity index is 282. The lowest BCUT2D eigenvalue weighted by atomic mass is 10.0. The van der Waals surface area contributed by atoms with Crippen molar-refractivity contribution in [1.82, 2.24) is 10.2 Å². The van der Waals surface area contributed by atoms with E-state index in [0.29, 0.717) is 12.5 Å². The standard InChI is InChI=1S/C12H22N2O2S/c1-9(2)7-10-12(16)14(5-4-6-17-3)8-11(15)13-10/h9-10H,4-8H2,1-3H3,(H,13,15). The van der Waals surface area contributed by atoms with Crippen LogP contribution in [0.4, 0.5) is 0 Å². The van der Waals surface area contributed by atoms with Crippen LogP contribution in [0.1, 0.15) is 26.7 Å². The number of carbonyl (C=O) groups excluding carboxylic acids is 2. The van der Waals surface area contributed by atoms with Crippen LogP contribution in [0.15, 0.2) is 0 Å². The maximum atomic E-state index is 12.1. The molecule has 1 rings (SSSR count). The quantitative estimate of drug-likeness (QED) is 0.726. The van der Waals surface area contributed by atoms with Gasteiger partial charge in [-0.1, -0.05) is 13.8 Å². The number of nitrogens with one attached hydrogen (secondary N) is 1. The van der Waals surface area contributed by atoms with Gasteiger partial charge in [-0.3, -0.25) is 9.59 Å². The molecule has 0 aromatic heterocycles. The third-order valence-corrected chi connectivity index (χ3v) is 3.46. The minimum atomic E-state index is -0.314. The molecule has 0 saturated carbocycles. The molecule has 1 saturated heterocycles. The molecule has 0 radical (unpaired) electrons. The van der Waals surface area contributed by atoms with E-state index in [1.165, 1.54) is 0 Å². The Kier molecular flexibility index (Phi) is 5.82. The van der Waals surface area contributed by atoms with Crippen LogP contribution in [0.2, 0.25) is 0 Å². The lowest BCUT2D eigenvalue weighted by Crippen LogP contribution is -2.58. The summed E-state index contributed by atoms with van der Waals surface area (Å²) in [6.07, 6.45) is 3.73. The molecule has 0 spiro atoms. The number of thioether (sulfide) groups is 1. The lowest BCUT2D eigenvalue weighted by molar-refractivity contribution is -0.144. The van der Waals surface area contributed by atoms with E-state index in [0.717, 1.165) is 18.6 Å². The third kappa shape index (κ3) is 4.58. The van der Waals surface area contributed by atoms with Crippen molar-refractivity contribution in [2.45, 2.75) is 32.7 Å². The van der Waals surface area contributed by atoms with Crippen LogP contribution in [-0.4, -0.2) is 47.9 Å². The zero-order valence-electron chi connectivity index (χ0n) is 10.9. The van der Waals surface area contributed by atoms with E-state index < -0.39 is 0 Å². The van der Waals surface area contributed by atoms with Crippen LogP contribution in [0.3, 0.4) is 0 Å². The lowest BCUT2D eigenvalue weighted by Gasteiger charge is -2.33. The predicted octanol–water partition coefficient (Wildman–Crippen LogP) is 1.11. The summed E-state index contributed by atoms with van der Waals surface area (Å²) < 4.78 is 0. The molecule has 0 aromatic carbocycles. The van der Waals surface area contributed by atoms with E-state index in [-0.39, 0.29) is 24.4 Å².